The number of nitrogens with zero attached hydrogens (tertiary/aromatic N) is 1. The van der Waals surface area contributed by atoms with Crippen molar-refractivity contribution in [2.75, 3.05) is 13.7 Å². The Morgan fingerprint density at radius 1 is 1.53 bits per heavy atom. The molecule has 0 aliphatic carbocycles. The fourth-order valence-electron chi connectivity index (χ4n) is 1.47. The van der Waals surface area contributed by atoms with E-state index in [9.17, 15) is 4.79 Å². The first kappa shape index (κ1) is 13.0. The zero-order chi connectivity index (χ0) is 12.8. The molecule has 0 saturated carbocycles. The van der Waals surface area contributed by atoms with Crippen LogP contribution in [-0.2, 0) is 11.3 Å². The number of ether oxygens (including phenoxy) is 2. The summed E-state index contributed by atoms with van der Waals surface area (Å²) in [5, 5.41) is 18.1. The number of methoxy groups -OCH3 is 1. The van der Waals surface area contributed by atoms with Gasteiger partial charge in [-0.15, -0.1) is 0 Å². The van der Waals surface area contributed by atoms with Crippen molar-refractivity contribution >= 4 is 5.97 Å². The molecule has 5 heteroatoms. The Hall–Kier alpha value is -2.06. The fourth-order valence-corrected chi connectivity index (χ4v) is 1.47. The van der Waals surface area contributed by atoms with Crippen LogP contribution in [0.3, 0.4) is 0 Å². The molecular formula is C12H13NO4. The normalized spacial score (nSPS) is 9.53. The van der Waals surface area contributed by atoms with Crippen LogP contribution in [-0.4, -0.2) is 24.8 Å². The summed E-state index contributed by atoms with van der Waals surface area (Å²) in [4.78, 5) is 11.6. The Balaban J connectivity index is 3.34. The van der Waals surface area contributed by atoms with Gasteiger partial charge in [0, 0.05) is 5.56 Å². The molecule has 0 aromatic heterocycles. The summed E-state index contributed by atoms with van der Waals surface area (Å²) >= 11 is 0. The molecule has 0 amide bonds. The van der Waals surface area contributed by atoms with E-state index < -0.39 is 5.97 Å². The number of esters is 1. The Morgan fingerprint density at radius 3 is 2.71 bits per heavy atom. The lowest BCUT2D eigenvalue weighted by Gasteiger charge is -2.11. The van der Waals surface area contributed by atoms with E-state index in [0.29, 0.717) is 5.56 Å². The van der Waals surface area contributed by atoms with Gasteiger partial charge in [-0.2, -0.15) is 5.26 Å². The summed E-state index contributed by atoms with van der Waals surface area (Å²) in [6.07, 6.45) is 0. The number of rotatable bonds is 4. The summed E-state index contributed by atoms with van der Waals surface area (Å²) < 4.78 is 9.87. The van der Waals surface area contributed by atoms with Crippen LogP contribution in [0.2, 0.25) is 0 Å². The van der Waals surface area contributed by atoms with Gasteiger partial charge in [-0.25, -0.2) is 4.79 Å². The molecule has 5 nitrogen and oxygen atoms in total. The van der Waals surface area contributed by atoms with E-state index in [1.165, 1.54) is 19.2 Å². The van der Waals surface area contributed by atoms with Crippen LogP contribution in [0.25, 0.3) is 0 Å². The van der Waals surface area contributed by atoms with Crippen LogP contribution >= 0.6 is 0 Å². The van der Waals surface area contributed by atoms with Crippen molar-refractivity contribution < 1.29 is 19.4 Å². The molecule has 0 heterocycles. The van der Waals surface area contributed by atoms with E-state index in [4.69, 9.17) is 19.8 Å². The van der Waals surface area contributed by atoms with Gasteiger partial charge in [-0.1, -0.05) is 6.07 Å². The molecule has 1 aromatic rings. The summed E-state index contributed by atoms with van der Waals surface area (Å²) in [6, 6.07) is 4.87. The summed E-state index contributed by atoms with van der Waals surface area (Å²) in [5.74, 6) is -0.368. The van der Waals surface area contributed by atoms with Crippen molar-refractivity contribution in [2.24, 2.45) is 0 Å². The monoisotopic (exact) mass is 235 g/mol. The zero-order valence-electron chi connectivity index (χ0n) is 9.69. The highest BCUT2D eigenvalue weighted by Gasteiger charge is 2.19. The second-order valence-electron chi connectivity index (χ2n) is 3.17. The molecule has 0 unspecified atom stereocenters. The van der Waals surface area contributed by atoms with E-state index in [0.717, 1.165) is 0 Å². The zero-order valence-corrected chi connectivity index (χ0v) is 9.69. The maximum absolute atomic E-state index is 11.6. The molecule has 0 bridgehead atoms. The number of benzene rings is 1. The van der Waals surface area contributed by atoms with Gasteiger partial charge in [0.2, 0.25) is 0 Å². The van der Waals surface area contributed by atoms with E-state index in [1.54, 1.807) is 6.92 Å². The summed E-state index contributed by atoms with van der Waals surface area (Å²) in [6.45, 7) is 1.65. The van der Waals surface area contributed by atoms with Gasteiger partial charge in [0.25, 0.3) is 0 Å². The van der Waals surface area contributed by atoms with E-state index in [2.05, 4.69) is 0 Å². The minimum atomic E-state index is -0.577. The number of nitriles is 1. The molecule has 0 fully saturated rings. The first-order valence-corrected chi connectivity index (χ1v) is 5.07. The molecular weight excluding hydrogens is 222 g/mol. The number of aliphatic hydroxyl groups excluding tert-OH is 1. The molecule has 0 aliphatic heterocycles. The second-order valence-corrected chi connectivity index (χ2v) is 3.17. The highest BCUT2D eigenvalue weighted by molar-refractivity contribution is 5.93. The SMILES string of the molecule is CCOC(=O)c1ccc(CO)c(OC)c1C#N. The van der Waals surface area contributed by atoms with Crippen molar-refractivity contribution in [1.82, 2.24) is 0 Å². The van der Waals surface area contributed by atoms with Gasteiger partial charge >= 0.3 is 5.97 Å². The third-order valence-corrected chi connectivity index (χ3v) is 2.22. The van der Waals surface area contributed by atoms with Crippen LogP contribution in [0.4, 0.5) is 0 Å². The van der Waals surface area contributed by atoms with Gasteiger partial charge in [0.15, 0.2) is 0 Å². The molecule has 1 rings (SSSR count). The maximum atomic E-state index is 11.6. The minimum absolute atomic E-state index is 0.0810. The smallest absolute Gasteiger partial charge is 0.339 e. The van der Waals surface area contributed by atoms with Gasteiger partial charge in [0.05, 0.1) is 25.9 Å². The molecule has 90 valence electrons. The maximum Gasteiger partial charge on any atom is 0.339 e. The van der Waals surface area contributed by atoms with Crippen molar-refractivity contribution in [3.63, 3.8) is 0 Å². The van der Waals surface area contributed by atoms with Crippen molar-refractivity contribution in [1.29, 1.82) is 5.26 Å². The molecule has 0 aliphatic rings. The Bertz CT molecular complexity index is 462. The molecule has 0 spiro atoms. The third-order valence-electron chi connectivity index (χ3n) is 2.22. The quantitative estimate of drug-likeness (QED) is 0.794. The number of aliphatic hydroxyl groups is 1. The first-order valence-electron chi connectivity index (χ1n) is 5.07. The fraction of sp³-hybridized carbons (Fsp3) is 0.333. The van der Waals surface area contributed by atoms with E-state index >= 15 is 0 Å². The van der Waals surface area contributed by atoms with Crippen molar-refractivity contribution in [2.45, 2.75) is 13.5 Å². The molecule has 0 atom stereocenters. The van der Waals surface area contributed by atoms with Crippen LogP contribution in [0, 0.1) is 11.3 Å². The summed E-state index contributed by atoms with van der Waals surface area (Å²) in [5.41, 5.74) is 0.679. The predicted octanol–water partition coefficient (Wildman–Crippen LogP) is 1.24. The highest BCUT2D eigenvalue weighted by Crippen LogP contribution is 2.27. The van der Waals surface area contributed by atoms with Crippen LogP contribution in [0.1, 0.15) is 28.4 Å². The van der Waals surface area contributed by atoms with E-state index in [-0.39, 0.29) is 30.1 Å². The number of hydrogen-bond donors (Lipinski definition) is 1. The van der Waals surface area contributed by atoms with Gasteiger partial charge < -0.3 is 14.6 Å². The lowest BCUT2D eigenvalue weighted by Crippen LogP contribution is -2.09. The van der Waals surface area contributed by atoms with Gasteiger partial charge in [-0.05, 0) is 13.0 Å². The molecule has 1 aromatic carbocycles. The Labute approximate surface area is 99.2 Å². The van der Waals surface area contributed by atoms with Crippen molar-refractivity contribution in [3.05, 3.63) is 28.8 Å². The van der Waals surface area contributed by atoms with Gasteiger partial charge in [-0.3, -0.25) is 0 Å². The molecule has 0 radical (unpaired) electrons. The van der Waals surface area contributed by atoms with Crippen molar-refractivity contribution in [3.8, 4) is 11.8 Å². The Kier molecular flexibility index (Phi) is 4.49. The largest absolute Gasteiger partial charge is 0.495 e. The molecule has 1 N–H and O–H groups in total. The van der Waals surface area contributed by atoms with E-state index in [1.807, 2.05) is 6.07 Å². The summed E-state index contributed by atoms with van der Waals surface area (Å²) in [7, 11) is 1.38. The highest BCUT2D eigenvalue weighted by atomic mass is 16.5. The lowest BCUT2D eigenvalue weighted by molar-refractivity contribution is 0.0525. The van der Waals surface area contributed by atoms with Crippen LogP contribution in [0.5, 0.6) is 5.75 Å². The third kappa shape index (κ3) is 2.55. The average molecular weight is 235 g/mol. The Morgan fingerprint density at radius 2 is 2.24 bits per heavy atom. The standard InChI is InChI=1S/C12H13NO4/c1-3-17-12(15)9-5-4-8(7-14)11(16-2)10(9)6-13/h4-5,14H,3,7H2,1-2H3. The van der Waals surface area contributed by atoms with Gasteiger partial charge in [0.1, 0.15) is 17.4 Å². The predicted molar refractivity (Wildman–Crippen MR) is 59.6 cm³/mol. The van der Waals surface area contributed by atoms with Crippen LogP contribution < -0.4 is 4.74 Å². The number of hydrogen-bond acceptors (Lipinski definition) is 5. The number of carbonyl (C=O) groups is 1. The molecule has 0 saturated heterocycles. The first-order chi connectivity index (χ1) is 8.19. The average Bonchev–Trinajstić information content (AvgIpc) is 2.36. The topological polar surface area (TPSA) is 79.6 Å². The number of carbonyl (C=O) groups excluding carboxylic acids is 1. The minimum Gasteiger partial charge on any atom is -0.495 e. The molecule has 17 heavy (non-hydrogen) atoms. The second kappa shape index (κ2) is 5.87. The van der Waals surface area contributed by atoms with Crippen LogP contribution in [0.15, 0.2) is 12.1 Å². The lowest BCUT2D eigenvalue weighted by atomic mass is 10.0.